The number of halogens is 2. The maximum atomic E-state index is 12.2. The molecule has 6 heteroatoms. The predicted octanol–water partition coefficient (Wildman–Crippen LogP) is 4.07. The van der Waals surface area contributed by atoms with Crippen LogP contribution in [0, 0.1) is 24.2 Å². The van der Waals surface area contributed by atoms with E-state index in [0.29, 0.717) is 28.8 Å². The molecule has 2 amide bonds. The van der Waals surface area contributed by atoms with Crippen LogP contribution < -0.4 is 5.32 Å². The first-order valence-corrected chi connectivity index (χ1v) is 7.18. The molecule has 1 aliphatic heterocycles. The second kappa shape index (κ2) is 6.34. The van der Waals surface area contributed by atoms with Gasteiger partial charge in [-0.25, -0.2) is 4.79 Å². The Hall–Kier alpha value is -1.44. The zero-order valence-corrected chi connectivity index (χ0v) is 12.6. The number of nitrogens with one attached hydrogen (secondary N) is 1. The predicted molar refractivity (Wildman–Crippen MR) is 80.1 cm³/mol. The Balaban J connectivity index is 2.09. The van der Waals surface area contributed by atoms with Crippen molar-refractivity contribution in [3.8, 4) is 6.07 Å². The van der Waals surface area contributed by atoms with Crippen LogP contribution in [0.5, 0.6) is 0 Å². The Morgan fingerprint density at radius 2 is 2.25 bits per heavy atom. The van der Waals surface area contributed by atoms with E-state index in [1.807, 2.05) is 0 Å². The first kappa shape index (κ1) is 15.0. The zero-order chi connectivity index (χ0) is 14.7. The lowest BCUT2D eigenvalue weighted by Gasteiger charge is -2.29. The Kier molecular flexibility index (Phi) is 4.74. The fraction of sp³-hybridized carbons (Fsp3) is 0.429. The Morgan fingerprint density at radius 1 is 1.50 bits per heavy atom. The summed E-state index contributed by atoms with van der Waals surface area (Å²) < 4.78 is 0. The van der Waals surface area contributed by atoms with Gasteiger partial charge in [-0.2, -0.15) is 5.26 Å². The molecule has 0 unspecified atom stereocenters. The number of hydrogen-bond donors (Lipinski definition) is 1. The van der Waals surface area contributed by atoms with E-state index in [1.165, 1.54) is 0 Å². The molecule has 0 aromatic heterocycles. The summed E-state index contributed by atoms with van der Waals surface area (Å²) in [4.78, 5) is 13.8. The Labute approximate surface area is 128 Å². The topological polar surface area (TPSA) is 56.1 Å². The second-order valence-corrected chi connectivity index (χ2v) is 5.66. The smallest absolute Gasteiger partial charge is 0.321 e. The van der Waals surface area contributed by atoms with Crippen molar-refractivity contribution in [2.75, 3.05) is 18.4 Å². The van der Waals surface area contributed by atoms with Crippen LogP contribution in [0.2, 0.25) is 10.0 Å². The number of rotatable bonds is 1. The van der Waals surface area contributed by atoms with Gasteiger partial charge in [-0.15, -0.1) is 0 Å². The van der Waals surface area contributed by atoms with Crippen molar-refractivity contribution in [3.63, 3.8) is 0 Å². The van der Waals surface area contributed by atoms with E-state index >= 15 is 0 Å². The van der Waals surface area contributed by atoms with E-state index < -0.39 is 0 Å². The quantitative estimate of drug-likeness (QED) is 0.850. The van der Waals surface area contributed by atoms with Crippen LogP contribution in [0.4, 0.5) is 10.5 Å². The third kappa shape index (κ3) is 3.17. The minimum atomic E-state index is -0.228. The van der Waals surface area contributed by atoms with Crippen molar-refractivity contribution in [2.45, 2.75) is 19.8 Å². The molecule has 1 aromatic rings. The first-order valence-electron chi connectivity index (χ1n) is 6.43. The number of carbonyl (C=O) groups excluding carboxylic acids is 1. The maximum Gasteiger partial charge on any atom is 0.321 e. The lowest BCUT2D eigenvalue weighted by Crippen LogP contribution is -2.42. The summed E-state index contributed by atoms with van der Waals surface area (Å²) in [5, 5.41) is 12.7. The van der Waals surface area contributed by atoms with Crippen LogP contribution >= 0.6 is 23.2 Å². The summed E-state index contributed by atoms with van der Waals surface area (Å²) in [5.41, 5.74) is 1.28. The fourth-order valence-corrected chi connectivity index (χ4v) is 2.64. The molecule has 0 aliphatic carbocycles. The molecule has 1 aliphatic rings. The van der Waals surface area contributed by atoms with Gasteiger partial charge in [-0.05, 0) is 37.5 Å². The van der Waals surface area contributed by atoms with Gasteiger partial charge < -0.3 is 10.2 Å². The molecule has 20 heavy (non-hydrogen) atoms. The highest BCUT2D eigenvalue weighted by Crippen LogP contribution is 2.31. The highest BCUT2D eigenvalue weighted by molar-refractivity contribution is 6.38. The summed E-state index contributed by atoms with van der Waals surface area (Å²) in [6.07, 6.45) is 1.69. The van der Waals surface area contributed by atoms with E-state index in [-0.39, 0.29) is 11.9 Å². The van der Waals surface area contributed by atoms with E-state index in [2.05, 4.69) is 11.4 Å². The van der Waals surface area contributed by atoms with Crippen LogP contribution in [0.1, 0.15) is 18.4 Å². The average molecular weight is 312 g/mol. The number of hydrogen-bond acceptors (Lipinski definition) is 2. The third-order valence-corrected chi connectivity index (χ3v) is 4.35. The largest absolute Gasteiger partial charge is 0.323 e. The molecular formula is C14H15Cl2N3O. The third-order valence-electron chi connectivity index (χ3n) is 3.45. The van der Waals surface area contributed by atoms with Gasteiger partial charge in [0.25, 0.3) is 0 Å². The van der Waals surface area contributed by atoms with Gasteiger partial charge in [-0.1, -0.05) is 23.2 Å². The van der Waals surface area contributed by atoms with Gasteiger partial charge in [-0.3, -0.25) is 0 Å². The van der Waals surface area contributed by atoms with Crippen LogP contribution in [0.25, 0.3) is 0 Å². The molecule has 1 N–H and O–H groups in total. The molecule has 1 heterocycles. The molecule has 106 valence electrons. The Bertz CT molecular complexity index is 568. The normalized spacial score (nSPS) is 18.5. The van der Waals surface area contributed by atoms with Gasteiger partial charge in [0, 0.05) is 18.1 Å². The van der Waals surface area contributed by atoms with E-state index in [9.17, 15) is 4.79 Å². The van der Waals surface area contributed by atoms with Crippen molar-refractivity contribution < 1.29 is 4.79 Å². The van der Waals surface area contributed by atoms with Crippen LogP contribution in [0.3, 0.4) is 0 Å². The zero-order valence-electron chi connectivity index (χ0n) is 11.1. The molecule has 1 saturated heterocycles. The van der Waals surface area contributed by atoms with Gasteiger partial charge in [0.15, 0.2) is 0 Å². The van der Waals surface area contributed by atoms with Gasteiger partial charge in [0.05, 0.1) is 22.7 Å². The van der Waals surface area contributed by atoms with Crippen molar-refractivity contribution in [1.82, 2.24) is 4.90 Å². The van der Waals surface area contributed by atoms with E-state index in [1.54, 1.807) is 24.0 Å². The summed E-state index contributed by atoms with van der Waals surface area (Å²) in [5.74, 6) is -0.0862. The molecule has 0 spiro atoms. The highest BCUT2D eigenvalue weighted by Gasteiger charge is 2.24. The van der Waals surface area contributed by atoms with Crippen molar-refractivity contribution >= 4 is 34.9 Å². The summed E-state index contributed by atoms with van der Waals surface area (Å²) in [6, 6.07) is 5.37. The van der Waals surface area contributed by atoms with Gasteiger partial charge in [0.2, 0.25) is 0 Å². The van der Waals surface area contributed by atoms with E-state index in [0.717, 1.165) is 18.4 Å². The Morgan fingerprint density at radius 3 is 2.95 bits per heavy atom. The summed E-state index contributed by atoms with van der Waals surface area (Å²) in [6.45, 7) is 2.92. The molecule has 4 nitrogen and oxygen atoms in total. The van der Waals surface area contributed by atoms with Crippen molar-refractivity contribution in [2.24, 2.45) is 5.92 Å². The number of amides is 2. The SMILES string of the molecule is Cc1c(Cl)ccc(NC(=O)N2CCC[C@H](C#N)C2)c1Cl. The number of carbonyl (C=O) groups is 1. The molecule has 1 atom stereocenters. The number of likely N-dealkylation sites (tertiary alicyclic amines) is 1. The van der Waals surface area contributed by atoms with E-state index in [4.69, 9.17) is 28.5 Å². The van der Waals surface area contributed by atoms with Crippen molar-refractivity contribution in [1.29, 1.82) is 5.26 Å². The van der Waals surface area contributed by atoms with Gasteiger partial charge in [0.1, 0.15) is 0 Å². The minimum absolute atomic E-state index is 0.0862. The monoisotopic (exact) mass is 311 g/mol. The minimum Gasteiger partial charge on any atom is -0.323 e. The molecule has 1 fully saturated rings. The van der Waals surface area contributed by atoms with Gasteiger partial charge >= 0.3 is 6.03 Å². The second-order valence-electron chi connectivity index (χ2n) is 4.88. The number of urea groups is 1. The number of benzene rings is 1. The average Bonchev–Trinajstić information content (AvgIpc) is 2.48. The molecule has 1 aromatic carbocycles. The molecule has 0 bridgehead atoms. The molecule has 0 radical (unpaired) electrons. The highest BCUT2D eigenvalue weighted by atomic mass is 35.5. The number of nitriles is 1. The maximum absolute atomic E-state index is 12.2. The first-order chi connectivity index (χ1) is 9.52. The summed E-state index contributed by atoms with van der Waals surface area (Å²) in [7, 11) is 0. The lowest BCUT2D eigenvalue weighted by atomic mass is 10.0. The van der Waals surface area contributed by atoms with Crippen molar-refractivity contribution in [3.05, 3.63) is 27.7 Å². The standard InChI is InChI=1S/C14H15Cl2N3O/c1-9-11(15)4-5-12(13(9)16)18-14(20)19-6-2-3-10(7-17)8-19/h4-5,10H,2-3,6,8H2,1H3,(H,18,20)/t10-/m1/s1. The fourth-order valence-electron chi connectivity index (χ4n) is 2.22. The number of piperidine rings is 1. The van der Waals surface area contributed by atoms with Crippen LogP contribution in [-0.4, -0.2) is 24.0 Å². The lowest BCUT2D eigenvalue weighted by molar-refractivity contribution is 0.189. The number of nitrogens with zero attached hydrogens (tertiary/aromatic N) is 2. The van der Waals surface area contributed by atoms with Crippen LogP contribution in [-0.2, 0) is 0 Å². The summed E-state index contributed by atoms with van der Waals surface area (Å²) >= 11 is 12.1. The number of anilines is 1. The van der Waals surface area contributed by atoms with Crippen LogP contribution in [0.15, 0.2) is 12.1 Å². The molecule has 2 rings (SSSR count). The molecule has 0 saturated carbocycles. The molecular weight excluding hydrogens is 297 g/mol.